The molecule has 150 valence electrons. The van der Waals surface area contributed by atoms with Gasteiger partial charge in [-0.2, -0.15) is 0 Å². The van der Waals surface area contributed by atoms with Gasteiger partial charge in [0.15, 0.2) is 0 Å². The van der Waals surface area contributed by atoms with Crippen LogP contribution in [0.1, 0.15) is 52.0 Å². The van der Waals surface area contributed by atoms with Crippen molar-refractivity contribution in [3.63, 3.8) is 0 Å². The Hall–Kier alpha value is -1.92. The molecule has 1 rings (SSSR count). The van der Waals surface area contributed by atoms with Crippen molar-refractivity contribution in [3.05, 3.63) is 34.9 Å². The van der Waals surface area contributed by atoms with Gasteiger partial charge in [0.1, 0.15) is 5.78 Å². The van der Waals surface area contributed by atoms with Gasteiger partial charge in [-0.3, -0.25) is 19.6 Å². The largest absolute Gasteiger partial charge is 0.369 e. The molecule has 0 radical (unpaired) electrons. The third-order valence-electron chi connectivity index (χ3n) is 4.74. The minimum absolute atomic E-state index is 0.0108. The van der Waals surface area contributed by atoms with Crippen molar-refractivity contribution in [1.82, 2.24) is 5.48 Å². The first-order valence-corrected chi connectivity index (χ1v) is 9.41. The maximum Gasteiger partial charge on any atom is 0.244 e. The third-order valence-corrected chi connectivity index (χ3v) is 4.99. The van der Waals surface area contributed by atoms with Gasteiger partial charge < -0.3 is 5.73 Å². The lowest BCUT2D eigenvalue weighted by Gasteiger charge is -2.28. The molecule has 0 saturated heterocycles. The molecule has 2 amide bonds. The summed E-state index contributed by atoms with van der Waals surface area (Å²) in [6.07, 6.45) is 1.77. The number of Topliss-reactive ketones (excluding diaryl/α,β-unsaturated/α-hetero) is 1. The first-order valence-electron chi connectivity index (χ1n) is 9.04. The number of carbonyl (C=O) groups is 3. The highest BCUT2D eigenvalue weighted by molar-refractivity contribution is 6.30. The minimum atomic E-state index is -0.619. The third kappa shape index (κ3) is 8.10. The monoisotopic (exact) mass is 396 g/mol. The lowest BCUT2D eigenvalue weighted by atomic mass is 9.75. The van der Waals surface area contributed by atoms with Crippen molar-refractivity contribution in [1.29, 1.82) is 0 Å². The Morgan fingerprint density at radius 2 is 1.74 bits per heavy atom. The second-order valence-corrected chi connectivity index (χ2v) is 8.38. The van der Waals surface area contributed by atoms with Crippen molar-refractivity contribution >= 4 is 29.2 Å². The molecule has 1 aromatic carbocycles. The SMILES string of the molecule is CC(C)(C)[C@H](CC(=O)[C@H](CCCc1ccc(Cl)cc1)CC(=O)NO)C(N)=O. The normalized spacial score (nSPS) is 13.7. The number of aryl methyl sites for hydroxylation is 1. The summed E-state index contributed by atoms with van der Waals surface area (Å²) < 4.78 is 0. The van der Waals surface area contributed by atoms with Crippen LogP contribution in [0.25, 0.3) is 0 Å². The van der Waals surface area contributed by atoms with Gasteiger partial charge in [-0.1, -0.05) is 44.5 Å². The number of rotatable bonds is 10. The van der Waals surface area contributed by atoms with Gasteiger partial charge in [0.05, 0.1) is 0 Å². The lowest BCUT2D eigenvalue weighted by molar-refractivity contribution is -0.136. The van der Waals surface area contributed by atoms with Crippen molar-refractivity contribution in [2.45, 2.75) is 52.9 Å². The highest BCUT2D eigenvalue weighted by Crippen LogP contribution is 2.31. The van der Waals surface area contributed by atoms with Crippen LogP contribution in [0.3, 0.4) is 0 Å². The smallest absolute Gasteiger partial charge is 0.244 e. The average molecular weight is 397 g/mol. The van der Waals surface area contributed by atoms with Crippen LogP contribution in [0.2, 0.25) is 5.02 Å². The zero-order valence-electron chi connectivity index (χ0n) is 16.1. The Bertz CT molecular complexity index is 653. The van der Waals surface area contributed by atoms with E-state index in [0.717, 1.165) is 12.0 Å². The molecule has 7 heteroatoms. The van der Waals surface area contributed by atoms with Gasteiger partial charge in [0.25, 0.3) is 0 Å². The summed E-state index contributed by atoms with van der Waals surface area (Å²) in [5.41, 5.74) is 7.67. The molecule has 0 unspecified atom stereocenters. The Kier molecular flexibility index (Phi) is 8.93. The van der Waals surface area contributed by atoms with E-state index >= 15 is 0 Å². The van der Waals surface area contributed by atoms with Crippen LogP contribution in [0, 0.1) is 17.3 Å². The summed E-state index contributed by atoms with van der Waals surface area (Å²) in [6.45, 7) is 5.56. The molecule has 6 nitrogen and oxygen atoms in total. The number of hydroxylamine groups is 1. The minimum Gasteiger partial charge on any atom is -0.369 e. The van der Waals surface area contributed by atoms with Gasteiger partial charge in [0.2, 0.25) is 11.8 Å². The van der Waals surface area contributed by atoms with Crippen molar-refractivity contribution in [2.75, 3.05) is 0 Å². The molecule has 0 heterocycles. The molecule has 0 aliphatic heterocycles. The van der Waals surface area contributed by atoms with Crippen LogP contribution in [0.15, 0.2) is 24.3 Å². The molecule has 4 N–H and O–H groups in total. The summed E-state index contributed by atoms with van der Waals surface area (Å²) in [4.78, 5) is 36.1. The van der Waals surface area contributed by atoms with E-state index < -0.39 is 29.1 Å². The summed E-state index contributed by atoms with van der Waals surface area (Å²) >= 11 is 5.87. The van der Waals surface area contributed by atoms with Crippen LogP contribution in [-0.4, -0.2) is 22.8 Å². The first kappa shape index (κ1) is 23.1. The topological polar surface area (TPSA) is 109 Å². The molecule has 0 bridgehead atoms. The Morgan fingerprint density at radius 3 is 2.22 bits per heavy atom. The molecule has 0 fully saturated rings. The van der Waals surface area contributed by atoms with Crippen molar-refractivity contribution in [2.24, 2.45) is 23.0 Å². The zero-order chi connectivity index (χ0) is 20.6. The molecule has 0 aliphatic carbocycles. The quantitative estimate of drug-likeness (QED) is 0.416. The molecule has 0 aliphatic rings. The average Bonchev–Trinajstić information content (AvgIpc) is 2.58. The molecule has 27 heavy (non-hydrogen) atoms. The van der Waals surface area contributed by atoms with Gasteiger partial charge >= 0.3 is 0 Å². The summed E-state index contributed by atoms with van der Waals surface area (Å²) in [5, 5.41) is 9.46. The molecule has 2 atom stereocenters. The fraction of sp³-hybridized carbons (Fsp3) is 0.550. The summed E-state index contributed by atoms with van der Waals surface area (Å²) in [6, 6.07) is 7.45. The van der Waals surface area contributed by atoms with Gasteiger partial charge in [-0.25, -0.2) is 5.48 Å². The number of benzene rings is 1. The van der Waals surface area contributed by atoms with E-state index in [-0.39, 0.29) is 18.6 Å². The number of ketones is 1. The number of amides is 2. The molecule has 0 aromatic heterocycles. The van der Waals surface area contributed by atoms with E-state index in [1.165, 1.54) is 0 Å². The maximum atomic E-state index is 12.8. The van der Waals surface area contributed by atoms with E-state index in [1.54, 1.807) is 17.6 Å². The molecular formula is C20H29ClN2O4. The van der Waals surface area contributed by atoms with E-state index in [2.05, 4.69) is 0 Å². The standard InChI is InChI=1S/C20H29ClN2O4/c1-20(2,3)16(19(22)26)12-17(24)14(11-18(25)23-27)6-4-5-13-7-9-15(21)10-8-13/h7-10,14,16,27H,4-6,11-12H2,1-3H3,(H2,22,26)(H,23,25)/t14-,16-/m1/s1. The van der Waals surface area contributed by atoms with Gasteiger partial charge in [0, 0.05) is 29.7 Å². The van der Waals surface area contributed by atoms with Crippen LogP contribution >= 0.6 is 11.6 Å². The predicted octanol–water partition coefficient (Wildman–Crippen LogP) is 3.28. The second-order valence-electron chi connectivity index (χ2n) is 7.95. The van der Waals surface area contributed by atoms with Crippen LogP contribution in [-0.2, 0) is 20.8 Å². The number of primary amides is 1. The lowest BCUT2D eigenvalue weighted by Crippen LogP contribution is -2.37. The number of halogens is 1. The van der Waals surface area contributed by atoms with Gasteiger partial charge in [-0.05, 0) is 42.4 Å². The zero-order valence-corrected chi connectivity index (χ0v) is 16.9. The fourth-order valence-corrected chi connectivity index (χ4v) is 3.18. The number of carbonyl (C=O) groups excluding carboxylic acids is 3. The molecular weight excluding hydrogens is 368 g/mol. The van der Waals surface area contributed by atoms with E-state index in [4.69, 9.17) is 22.5 Å². The number of nitrogens with two attached hydrogens (primary N) is 1. The number of hydrogen-bond acceptors (Lipinski definition) is 4. The van der Waals surface area contributed by atoms with E-state index in [1.807, 2.05) is 32.9 Å². The maximum absolute atomic E-state index is 12.8. The van der Waals surface area contributed by atoms with Crippen LogP contribution in [0.4, 0.5) is 0 Å². The Balaban J connectivity index is 2.76. The van der Waals surface area contributed by atoms with Crippen molar-refractivity contribution < 1.29 is 19.6 Å². The highest BCUT2D eigenvalue weighted by atomic mass is 35.5. The first-order chi connectivity index (χ1) is 12.5. The summed E-state index contributed by atoms with van der Waals surface area (Å²) in [5.74, 6) is -2.52. The fourth-order valence-electron chi connectivity index (χ4n) is 3.05. The Labute approximate surface area is 165 Å². The highest BCUT2D eigenvalue weighted by Gasteiger charge is 2.34. The second kappa shape index (κ2) is 10.4. The molecule has 1 aromatic rings. The molecule has 0 saturated carbocycles. The summed E-state index contributed by atoms with van der Waals surface area (Å²) in [7, 11) is 0. The Morgan fingerprint density at radius 1 is 1.15 bits per heavy atom. The number of nitrogens with one attached hydrogen (secondary N) is 1. The van der Waals surface area contributed by atoms with Crippen LogP contribution in [0.5, 0.6) is 0 Å². The number of hydrogen-bond donors (Lipinski definition) is 3. The van der Waals surface area contributed by atoms with Crippen LogP contribution < -0.4 is 11.2 Å². The molecule has 0 spiro atoms. The van der Waals surface area contributed by atoms with Gasteiger partial charge in [-0.15, -0.1) is 0 Å². The van der Waals surface area contributed by atoms with Crippen molar-refractivity contribution in [3.8, 4) is 0 Å². The predicted molar refractivity (Wildman–Crippen MR) is 104 cm³/mol. The van der Waals surface area contributed by atoms with E-state index in [9.17, 15) is 14.4 Å². The van der Waals surface area contributed by atoms with E-state index in [0.29, 0.717) is 17.9 Å².